The molecule has 0 radical (unpaired) electrons. The van der Waals surface area contributed by atoms with E-state index in [2.05, 4.69) is 10.3 Å². The molecule has 0 spiro atoms. The number of hydrogen-bond donors (Lipinski definition) is 2. The monoisotopic (exact) mass is 310 g/mol. The lowest BCUT2D eigenvalue weighted by molar-refractivity contribution is 0.282. The van der Waals surface area contributed by atoms with Crippen LogP contribution in [0.15, 0.2) is 33.5 Å². The van der Waals surface area contributed by atoms with Crippen LogP contribution in [0.3, 0.4) is 0 Å². The fraction of sp³-hybridized carbons (Fsp3) is 0.333. The Morgan fingerprint density at radius 2 is 2.13 bits per heavy atom. The Bertz CT molecular complexity index is 958. The van der Waals surface area contributed by atoms with Crippen LogP contribution in [0.5, 0.6) is 0 Å². The topological polar surface area (TPSA) is 75.4 Å². The number of aromatic nitrogens is 1. The lowest BCUT2D eigenvalue weighted by Gasteiger charge is -2.25. The van der Waals surface area contributed by atoms with Crippen molar-refractivity contribution < 1.29 is 9.52 Å². The number of aliphatic hydroxyl groups is 1. The quantitative estimate of drug-likeness (QED) is 0.727. The Kier molecular flexibility index (Phi) is 3.31. The van der Waals surface area contributed by atoms with Crippen molar-refractivity contribution in [3.63, 3.8) is 0 Å². The number of nitrogens with one attached hydrogen (secondary N) is 1. The maximum atomic E-state index is 12.8. The summed E-state index contributed by atoms with van der Waals surface area (Å²) in [5.41, 5.74) is 2.55. The van der Waals surface area contributed by atoms with Gasteiger partial charge in [0.05, 0.1) is 17.4 Å². The summed E-state index contributed by atoms with van der Waals surface area (Å²) < 4.78 is 5.82. The number of nitrogens with zero attached hydrogens (tertiary/aromatic N) is 1. The minimum Gasteiger partial charge on any atom is -0.437 e. The van der Waals surface area contributed by atoms with E-state index in [0.717, 1.165) is 0 Å². The summed E-state index contributed by atoms with van der Waals surface area (Å²) in [7, 11) is 1.72. The lowest BCUT2D eigenvalue weighted by atomic mass is 9.80. The molecule has 118 valence electrons. The first-order chi connectivity index (χ1) is 11.2. The van der Waals surface area contributed by atoms with Gasteiger partial charge in [-0.3, -0.25) is 4.79 Å². The van der Waals surface area contributed by atoms with Gasteiger partial charge in [-0.2, -0.15) is 4.98 Å². The van der Waals surface area contributed by atoms with E-state index in [-0.39, 0.29) is 12.0 Å². The molecule has 5 heteroatoms. The Labute approximate surface area is 133 Å². The van der Waals surface area contributed by atoms with Crippen LogP contribution < -0.4 is 10.7 Å². The normalized spacial score (nSPS) is 15.0. The molecule has 0 saturated heterocycles. The predicted octanol–water partition coefficient (Wildman–Crippen LogP) is 3.14. The van der Waals surface area contributed by atoms with Gasteiger partial charge in [-0.25, -0.2) is 0 Å². The van der Waals surface area contributed by atoms with Crippen molar-refractivity contribution in [2.45, 2.75) is 31.8 Å². The highest BCUT2D eigenvalue weighted by atomic mass is 16.3. The average molecular weight is 310 g/mol. The third-order valence-electron chi connectivity index (χ3n) is 4.75. The lowest BCUT2D eigenvalue weighted by Crippen LogP contribution is -2.10. The summed E-state index contributed by atoms with van der Waals surface area (Å²) in [6, 6.07) is 7.52. The Morgan fingerprint density at radius 1 is 1.30 bits per heavy atom. The van der Waals surface area contributed by atoms with E-state index in [1.165, 1.54) is 24.8 Å². The molecule has 0 amide bonds. The zero-order chi connectivity index (χ0) is 16.0. The van der Waals surface area contributed by atoms with Crippen LogP contribution in [0.2, 0.25) is 0 Å². The van der Waals surface area contributed by atoms with Crippen molar-refractivity contribution in [3.8, 4) is 0 Å². The molecule has 2 heterocycles. The molecule has 1 aromatic carbocycles. The highest BCUT2D eigenvalue weighted by Crippen LogP contribution is 2.37. The van der Waals surface area contributed by atoms with Crippen LogP contribution in [0.25, 0.3) is 22.1 Å². The second kappa shape index (κ2) is 5.35. The van der Waals surface area contributed by atoms with Crippen molar-refractivity contribution in [1.29, 1.82) is 0 Å². The first kappa shape index (κ1) is 14.2. The molecule has 1 aliphatic rings. The number of benzene rings is 1. The second-order valence-electron chi connectivity index (χ2n) is 6.07. The van der Waals surface area contributed by atoms with Gasteiger partial charge in [0.2, 0.25) is 11.1 Å². The SMILES string of the molecule is CNc1nc2oc3ccc(C4CCC4)cc3c(=O)c2cc1CO. The predicted molar refractivity (Wildman–Crippen MR) is 89.8 cm³/mol. The van der Waals surface area contributed by atoms with Crippen LogP contribution in [0.1, 0.15) is 36.3 Å². The Hall–Kier alpha value is -2.40. The average Bonchev–Trinajstić information content (AvgIpc) is 2.53. The third kappa shape index (κ3) is 2.19. The molecule has 2 aromatic heterocycles. The third-order valence-corrected chi connectivity index (χ3v) is 4.75. The van der Waals surface area contributed by atoms with Crippen molar-refractivity contribution in [1.82, 2.24) is 4.98 Å². The Morgan fingerprint density at radius 3 is 2.78 bits per heavy atom. The molecule has 23 heavy (non-hydrogen) atoms. The summed E-state index contributed by atoms with van der Waals surface area (Å²) in [6.07, 6.45) is 3.63. The van der Waals surface area contributed by atoms with Gasteiger partial charge >= 0.3 is 0 Å². The van der Waals surface area contributed by atoms with E-state index in [0.29, 0.717) is 39.4 Å². The van der Waals surface area contributed by atoms with Crippen molar-refractivity contribution >= 4 is 27.9 Å². The van der Waals surface area contributed by atoms with E-state index < -0.39 is 0 Å². The number of rotatable bonds is 3. The molecule has 0 atom stereocenters. The number of pyridine rings is 1. The van der Waals surface area contributed by atoms with E-state index in [9.17, 15) is 9.90 Å². The molecule has 0 unspecified atom stereocenters. The first-order valence-corrected chi connectivity index (χ1v) is 7.90. The molecule has 2 N–H and O–H groups in total. The molecule has 1 saturated carbocycles. The summed E-state index contributed by atoms with van der Waals surface area (Å²) in [5.74, 6) is 1.08. The second-order valence-corrected chi connectivity index (χ2v) is 6.07. The van der Waals surface area contributed by atoms with Gasteiger partial charge in [0.25, 0.3) is 0 Å². The zero-order valence-electron chi connectivity index (χ0n) is 12.9. The fourth-order valence-electron chi connectivity index (χ4n) is 3.17. The molecule has 1 aliphatic carbocycles. The molecule has 3 aromatic rings. The van der Waals surface area contributed by atoms with Gasteiger partial charge in [-0.1, -0.05) is 12.5 Å². The summed E-state index contributed by atoms with van der Waals surface area (Å²) >= 11 is 0. The van der Waals surface area contributed by atoms with E-state index >= 15 is 0 Å². The largest absolute Gasteiger partial charge is 0.437 e. The van der Waals surface area contributed by atoms with Crippen LogP contribution >= 0.6 is 0 Å². The molecule has 5 nitrogen and oxygen atoms in total. The number of hydrogen-bond acceptors (Lipinski definition) is 5. The first-order valence-electron chi connectivity index (χ1n) is 7.90. The van der Waals surface area contributed by atoms with Crippen molar-refractivity contribution in [2.75, 3.05) is 12.4 Å². The highest BCUT2D eigenvalue weighted by Gasteiger charge is 2.21. The summed E-state index contributed by atoms with van der Waals surface area (Å²) in [5, 5.41) is 13.4. The summed E-state index contributed by atoms with van der Waals surface area (Å²) in [4.78, 5) is 17.2. The van der Waals surface area contributed by atoms with Crippen LogP contribution in [0, 0.1) is 0 Å². The maximum absolute atomic E-state index is 12.8. The molecular formula is C18H18N2O3. The van der Waals surface area contributed by atoms with Gasteiger partial charge in [0, 0.05) is 12.6 Å². The standard InChI is InChI=1S/C18H18N2O3/c1-19-17-12(9-21)8-14-16(22)13-7-11(10-3-2-4-10)5-6-15(13)23-18(14)20-17/h5-8,10,21H,2-4,9H2,1H3,(H,19,20). The van der Waals surface area contributed by atoms with Crippen LogP contribution in [0.4, 0.5) is 5.82 Å². The Balaban J connectivity index is 1.99. The van der Waals surface area contributed by atoms with Crippen LogP contribution in [-0.2, 0) is 6.61 Å². The minimum atomic E-state index is -0.182. The maximum Gasteiger partial charge on any atom is 0.232 e. The molecule has 4 rings (SSSR count). The van der Waals surface area contributed by atoms with Gasteiger partial charge < -0.3 is 14.8 Å². The van der Waals surface area contributed by atoms with E-state index in [4.69, 9.17) is 4.42 Å². The van der Waals surface area contributed by atoms with Gasteiger partial charge in [0.1, 0.15) is 11.4 Å². The van der Waals surface area contributed by atoms with Crippen molar-refractivity contribution in [2.24, 2.45) is 0 Å². The summed E-state index contributed by atoms with van der Waals surface area (Å²) in [6.45, 7) is -0.182. The molecule has 0 aliphatic heterocycles. The number of anilines is 1. The van der Waals surface area contributed by atoms with Gasteiger partial charge in [0.15, 0.2) is 0 Å². The highest BCUT2D eigenvalue weighted by molar-refractivity contribution is 5.89. The molecule has 1 fully saturated rings. The van der Waals surface area contributed by atoms with E-state index in [1.807, 2.05) is 18.2 Å². The van der Waals surface area contributed by atoms with Gasteiger partial charge in [-0.15, -0.1) is 0 Å². The number of aliphatic hydroxyl groups excluding tert-OH is 1. The van der Waals surface area contributed by atoms with Crippen molar-refractivity contribution in [3.05, 3.63) is 45.6 Å². The molecular weight excluding hydrogens is 292 g/mol. The smallest absolute Gasteiger partial charge is 0.232 e. The fourth-order valence-corrected chi connectivity index (χ4v) is 3.17. The molecule has 0 bridgehead atoms. The van der Waals surface area contributed by atoms with Gasteiger partial charge in [-0.05, 0) is 42.5 Å². The number of fused-ring (bicyclic) bond motifs is 2. The minimum absolute atomic E-state index is 0.0905. The van der Waals surface area contributed by atoms with E-state index in [1.54, 1.807) is 13.1 Å². The zero-order valence-corrected chi connectivity index (χ0v) is 12.9. The van der Waals surface area contributed by atoms with Crippen LogP contribution in [-0.4, -0.2) is 17.1 Å².